The fourth-order valence-electron chi connectivity index (χ4n) is 2.40. The van der Waals surface area contributed by atoms with Gasteiger partial charge in [-0.2, -0.15) is 0 Å². The van der Waals surface area contributed by atoms with E-state index in [4.69, 9.17) is 4.74 Å². The van der Waals surface area contributed by atoms with Crippen molar-refractivity contribution < 1.29 is 9.53 Å². The summed E-state index contributed by atoms with van der Waals surface area (Å²) in [5.41, 5.74) is 0.889. The highest BCUT2D eigenvalue weighted by Crippen LogP contribution is 2.41. The molecule has 0 bridgehead atoms. The first kappa shape index (κ1) is 8.79. The van der Waals surface area contributed by atoms with Gasteiger partial charge in [0.2, 0.25) is 0 Å². The van der Waals surface area contributed by atoms with Crippen LogP contribution >= 0.6 is 0 Å². The Labute approximate surface area is 79.0 Å². The number of hydrogen-bond acceptors (Lipinski definition) is 2. The second-order valence-corrected chi connectivity index (χ2v) is 4.13. The molecule has 0 aromatic rings. The van der Waals surface area contributed by atoms with E-state index in [1.165, 1.54) is 19.3 Å². The van der Waals surface area contributed by atoms with Crippen LogP contribution in [0.3, 0.4) is 0 Å². The lowest BCUT2D eigenvalue weighted by Gasteiger charge is -2.41. The maximum Gasteiger partial charge on any atom is 0.306 e. The Morgan fingerprint density at radius 3 is 2.54 bits per heavy atom. The van der Waals surface area contributed by atoms with Gasteiger partial charge in [0.1, 0.15) is 5.60 Å². The van der Waals surface area contributed by atoms with E-state index in [-0.39, 0.29) is 11.6 Å². The minimum absolute atomic E-state index is 0.0331. The summed E-state index contributed by atoms with van der Waals surface area (Å²) in [7, 11) is 0. The molecule has 72 valence electrons. The van der Waals surface area contributed by atoms with E-state index < -0.39 is 0 Å². The molecule has 1 saturated carbocycles. The number of esters is 1. The smallest absolute Gasteiger partial charge is 0.306 e. The van der Waals surface area contributed by atoms with Gasteiger partial charge in [0.15, 0.2) is 0 Å². The first-order valence-electron chi connectivity index (χ1n) is 5.13. The lowest BCUT2D eigenvalue weighted by atomic mass is 9.77. The van der Waals surface area contributed by atoms with E-state index in [0.29, 0.717) is 6.42 Å². The summed E-state index contributed by atoms with van der Waals surface area (Å²) in [6.07, 6.45) is 6.97. The van der Waals surface area contributed by atoms with E-state index in [1.54, 1.807) is 0 Å². The molecule has 2 heteroatoms. The maximum absolute atomic E-state index is 11.2. The van der Waals surface area contributed by atoms with E-state index in [1.807, 2.05) is 0 Å². The predicted molar refractivity (Wildman–Crippen MR) is 50.3 cm³/mol. The highest BCUT2D eigenvalue weighted by atomic mass is 16.6. The largest absolute Gasteiger partial charge is 0.455 e. The molecule has 2 nitrogen and oxygen atoms in total. The Balaban J connectivity index is 2.16. The van der Waals surface area contributed by atoms with Crippen molar-refractivity contribution in [3.8, 4) is 0 Å². The Hall–Kier alpha value is -0.790. The van der Waals surface area contributed by atoms with Crippen LogP contribution in [0.15, 0.2) is 12.2 Å². The summed E-state index contributed by atoms with van der Waals surface area (Å²) < 4.78 is 5.49. The summed E-state index contributed by atoms with van der Waals surface area (Å²) in [5.74, 6) is -0.0331. The van der Waals surface area contributed by atoms with Gasteiger partial charge in [-0.05, 0) is 37.7 Å². The van der Waals surface area contributed by atoms with Crippen molar-refractivity contribution in [1.82, 2.24) is 0 Å². The van der Waals surface area contributed by atoms with E-state index in [2.05, 4.69) is 6.58 Å². The number of ether oxygens (including phenoxy) is 1. The zero-order chi connectivity index (χ0) is 9.31. The van der Waals surface area contributed by atoms with Gasteiger partial charge in [-0.15, -0.1) is 0 Å². The van der Waals surface area contributed by atoms with Crippen LogP contribution < -0.4 is 0 Å². The van der Waals surface area contributed by atoms with Gasteiger partial charge in [0, 0.05) is 6.42 Å². The molecule has 0 unspecified atom stereocenters. The van der Waals surface area contributed by atoms with E-state index in [0.717, 1.165) is 24.8 Å². The third kappa shape index (κ3) is 1.50. The first-order chi connectivity index (χ1) is 6.23. The van der Waals surface area contributed by atoms with Gasteiger partial charge < -0.3 is 4.74 Å². The normalized spacial score (nSPS) is 27.4. The van der Waals surface area contributed by atoms with Gasteiger partial charge in [-0.3, -0.25) is 4.79 Å². The fraction of sp³-hybridized carbons (Fsp3) is 0.727. The molecule has 2 rings (SSSR count). The quantitative estimate of drug-likeness (QED) is 0.423. The van der Waals surface area contributed by atoms with Crippen LogP contribution in [-0.4, -0.2) is 11.6 Å². The van der Waals surface area contributed by atoms with Crippen LogP contribution in [0.25, 0.3) is 0 Å². The van der Waals surface area contributed by atoms with Crippen LogP contribution in [0.5, 0.6) is 0 Å². The molecule has 0 amide bonds. The topological polar surface area (TPSA) is 26.3 Å². The standard InChI is InChI=1S/C11H16O2/c1-9-5-6-10(12)13-11(9)7-3-2-4-8-11/h1-8H2. The molecule has 2 aliphatic rings. The number of carbonyl (C=O) groups is 1. The molecule has 1 heterocycles. The van der Waals surface area contributed by atoms with E-state index >= 15 is 0 Å². The van der Waals surface area contributed by atoms with Gasteiger partial charge in [-0.25, -0.2) is 0 Å². The SMILES string of the molecule is C=C1CCC(=O)OC12CCCCC2. The Bertz CT molecular complexity index is 236. The third-order valence-corrected chi connectivity index (χ3v) is 3.25. The van der Waals surface area contributed by atoms with Crippen LogP contribution in [0.1, 0.15) is 44.9 Å². The average molecular weight is 180 g/mol. The Kier molecular flexibility index (Phi) is 2.14. The first-order valence-corrected chi connectivity index (χ1v) is 5.13. The monoisotopic (exact) mass is 180 g/mol. The van der Waals surface area contributed by atoms with Crippen molar-refractivity contribution in [3.63, 3.8) is 0 Å². The van der Waals surface area contributed by atoms with Crippen molar-refractivity contribution >= 4 is 5.97 Å². The molecule has 0 aromatic carbocycles. The summed E-state index contributed by atoms with van der Waals surface area (Å²) in [6, 6.07) is 0. The van der Waals surface area contributed by atoms with Gasteiger partial charge >= 0.3 is 5.97 Å². The molecule has 0 N–H and O–H groups in total. The zero-order valence-electron chi connectivity index (χ0n) is 7.97. The summed E-state index contributed by atoms with van der Waals surface area (Å²) in [5, 5.41) is 0. The molecular formula is C11H16O2. The van der Waals surface area contributed by atoms with Crippen molar-refractivity contribution in [2.24, 2.45) is 0 Å². The Morgan fingerprint density at radius 1 is 1.15 bits per heavy atom. The number of rotatable bonds is 0. The van der Waals surface area contributed by atoms with Crippen LogP contribution in [-0.2, 0) is 9.53 Å². The molecule has 0 aromatic heterocycles. The molecule has 1 aliphatic heterocycles. The molecule has 1 saturated heterocycles. The average Bonchev–Trinajstić information content (AvgIpc) is 2.14. The van der Waals surface area contributed by atoms with Gasteiger partial charge in [0.25, 0.3) is 0 Å². The lowest BCUT2D eigenvalue weighted by molar-refractivity contribution is -0.163. The Morgan fingerprint density at radius 2 is 1.85 bits per heavy atom. The third-order valence-electron chi connectivity index (χ3n) is 3.25. The fourth-order valence-corrected chi connectivity index (χ4v) is 2.40. The summed E-state index contributed by atoms with van der Waals surface area (Å²) in [6.45, 7) is 4.05. The van der Waals surface area contributed by atoms with Crippen LogP contribution in [0.2, 0.25) is 0 Å². The molecular weight excluding hydrogens is 164 g/mol. The molecule has 13 heavy (non-hydrogen) atoms. The number of hydrogen-bond donors (Lipinski definition) is 0. The van der Waals surface area contributed by atoms with Crippen molar-refractivity contribution in [2.75, 3.05) is 0 Å². The van der Waals surface area contributed by atoms with Crippen LogP contribution in [0.4, 0.5) is 0 Å². The highest BCUT2D eigenvalue weighted by Gasteiger charge is 2.41. The molecule has 0 radical (unpaired) electrons. The molecule has 0 atom stereocenters. The van der Waals surface area contributed by atoms with E-state index in [9.17, 15) is 4.79 Å². The lowest BCUT2D eigenvalue weighted by Crippen LogP contribution is -2.42. The molecule has 1 spiro atoms. The maximum atomic E-state index is 11.2. The molecule has 1 aliphatic carbocycles. The zero-order valence-corrected chi connectivity index (χ0v) is 7.97. The highest BCUT2D eigenvalue weighted by molar-refractivity contribution is 5.72. The molecule has 2 fully saturated rings. The number of carbonyl (C=O) groups excluding carboxylic acids is 1. The van der Waals surface area contributed by atoms with Gasteiger partial charge in [-0.1, -0.05) is 13.0 Å². The van der Waals surface area contributed by atoms with Gasteiger partial charge in [0.05, 0.1) is 0 Å². The summed E-state index contributed by atoms with van der Waals surface area (Å²) in [4.78, 5) is 11.2. The second-order valence-electron chi connectivity index (χ2n) is 4.13. The van der Waals surface area contributed by atoms with Crippen molar-refractivity contribution in [3.05, 3.63) is 12.2 Å². The minimum atomic E-state index is -0.256. The summed E-state index contributed by atoms with van der Waals surface area (Å²) >= 11 is 0. The van der Waals surface area contributed by atoms with Crippen LogP contribution in [0, 0.1) is 0 Å². The second kappa shape index (κ2) is 3.17. The van der Waals surface area contributed by atoms with Crippen molar-refractivity contribution in [1.29, 1.82) is 0 Å². The van der Waals surface area contributed by atoms with Crippen molar-refractivity contribution in [2.45, 2.75) is 50.5 Å². The minimum Gasteiger partial charge on any atom is -0.455 e. The predicted octanol–water partition coefficient (Wildman–Crippen LogP) is 2.58.